The minimum atomic E-state index is -0.160. The second kappa shape index (κ2) is 7.50. The first-order valence-electron chi connectivity index (χ1n) is 7.00. The molecule has 0 saturated heterocycles. The SMILES string of the molecule is COc1cc(OC)cc(C(C)Oc2ccc(C[C]=O)cc2)c1. The molecule has 4 nitrogen and oxygen atoms in total. The van der Waals surface area contributed by atoms with Crippen LogP contribution in [0.1, 0.15) is 24.2 Å². The van der Waals surface area contributed by atoms with Gasteiger partial charge in [0.15, 0.2) is 0 Å². The third kappa shape index (κ3) is 4.01. The van der Waals surface area contributed by atoms with Crippen molar-refractivity contribution < 1.29 is 19.0 Å². The van der Waals surface area contributed by atoms with Crippen LogP contribution in [-0.2, 0) is 11.2 Å². The zero-order valence-corrected chi connectivity index (χ0v) is 13.0. The Bertz CT molecular complexity index is 597. The van der Waals surface area contributed by atoms with Gasteiger partial charge in [-0.05, 0) is 42.3 Å². The summed E-state index contributed by atoms with van der Waals surface area (Å²) < 4.78 is 16.5. The normalized spacial score (nSPS) is 11.6. The van der Waals surface area contributed by atoms with E-state index in [-0.39, 0.29) is 6.10 Å². The fourth-order valence-electron chi connectivity index (χ4n) is 2.11. The largest absolute Gasteiger partial charge is 0.497 e. The standard InChI is InChI=1S/C18H19O4/c1-13(15-10-17(20-2)12-18(11-15)21-3)22-16-6-4-14(5-7-16)8-9-19/h4-7,10-13H,8H2,1-3H3. The Morgan fingerprint density at radius 1 is 0.955 bits per heavy atom. The number of carbonyl (C=O) groups excluding carboxylic acids is 1. The van der Waals surface area contributed by atoms with Crippen molar-refractivity contribution in [1.82, 2.24) is 0 Å². The third-order valence-electron chi connectivity index (χ3n) is 3.36. The number of benzene rings is 2. The lowest BCUT2D eigenvalue weighted by Crippen LogP contribution is -2.04. The van der Waals surface area contributed by atoms with Crippen molar-refractivity contribution in [2.75, 3.05) is 14.2 Å². The maximum absolute atomic E-state index is 10.4. The number of ether oxygens (including phenoxy) is 3. The number of rotatable bonds is 7. The molecule has 0 spiro atoms. The van der Waals surface area contributed by atoms with Crippen LogP contribution in [0.3, 0.4) is 0 Å². The Morgan fingerprint density at radius 2 is 1.55 bits per heavy atom. The highest BCUT2D eigenvalue weighted by Gasteiger charge is 2.11. The molecule has 0 bridgehead atoms. The summed E-state index contributed by atoms with van der Waals surface area (Å²) in [6.07, 6.45) is 2.01. The molecule has 0 fully saturated rings. The van der Waals surface area contributed by atoms with Crippen LogP contribution in [0, 0.1) is 0 Å². The highest BCUT2D eigenvalue weighted by Crippen LogP contribution is 2.29. The van der Waals surface area contributed by atoms with E-state index in [1.807, 2.05) is 55.7 Å². The van der Waals surface area contributed by atoms with Crippen LogP contribution < -0.4 is 14.2 Å². The van der Waals surface area contributed by atoms with Gasteiger partial charge < -0.3 is 14.2 Å². The molecule has 0 aliphatic carbocycles. The predicted octanol–water partition coefficient (Wildman–Crippen LogP) is 3.50. The Labute approximate surface area is 130 Å². The first kappa shape index (κ1) is 15.9. The average molecular weight is 299 g/mol. The van der Waals surface area contributed by atoms with E-state index in [1.165, 1.54) is 0 Å². The van der Waals surface area contributed by atoms with Gasteiger partial charge in [-0.2, -0.15) is 0 Å². The van der Waals surface area contributed by atoms with Gasteiger partial charge in [-0.1, -0.05) is 12.1 Å². The molecule has 115 valence electrons. The molecule has 22 heavy (non-hydrogen) atoms. The van der Waals surface area contributed by atoms with Crippen molar-refractivity contribution in [3.63, 3.8) is 0 Å². The minimum Gasteiger partial charge on any atom is -0.497 e. The molecule has 4 heteroatoms. The van der Waals surface area contributed by atoms with Crippen molar-refractivity contribution in [1.29, 1.82) is 0 Å². The van der Waals surface area contributed by atoms with E-state index in [0.717, 1.165) is 28.4 Å². The summed E-state index contributed by atoms with van der Waals surface area (Å²) in [6, 6.07) is 13.1. The molecule has 2 rings (SSSR count). The topological polar surface area (TPSA) is 44.8 Å². The molecule has 0 aliphatic heterocycles. The Hall–Kier alpha value is -2.49. The zero-order valence-electron chi connectivity index (χ0n) is 13.0. The highest BCUT2D eigenvalue weighted by molar-refractivity contribution is 5.56. The molecule has 1 radical (unpaired) electrons. The second-order valence-corrected chi connectivity index (χ2v) is 4.87. The van der Waals surface area contributed by atoms with E-state index in [9.17, 15) is 4.79 Å². The highest BCUT2D eigenvalue weighted by atomic mass is 16.5. The van der Waals surface area contributed by atoms with Gasteiger partial charge >= 0.3 is 0 Å². The third-order valence-corrected chi connectivity index (χ3v) is 3.36. The van der Waals surface area contributed by atoms with Crippen LogP contribution in [0.25, 0.3) is 0 Å². The maximum atomic E-state index is 10.4. The quantitative estimate of drug-likeness (QED) is 0.785. The van der Waals surface area contributed by atoms with Gasteiger partial charge in [-0.15, -0.1) is 0 Å². The predicted molar refractivity (Wildman–Crippen MR) is 84.4 cm³/mol. The molecule has 2 aromatic rings. The Kier molecular flexibility index (Phi) is 5.42. The number of methoxy groups -OCH3 is 2. The lowest BCUT2D eigenvalue weighted by molar-refractivity contribution is 0.225. The summed E-state index contributed by atoms with van der Waals surface area (Å²) >= 11 is 0. The Morgan fingerprint density at radius 3 is 2.05 bits per heavy atom. The molecule has 1 unspecified atom stereocenters. The van der Waals surface area contributed by atoms with Crippen LogP contribution in [0.2, 0.25) is 0 Å². The van der Waals surface area contributed by atoms with Crippen LogP contribution in [-0.4, -0.2) is 20.5 Å². The molecule has 0 heterocycles. The van der Waals surface area contributed by atoms with Crippen molar-refractivity contribution >= 4 is 6.29 Å². The summed E-state index contributed by atoms with van der Waals surface area (Å²) in [5, 5.41) is 0. The average Bonchev–Trinajstić information content (AvgIpc) is 2.56. The summed E-state index contributed by atoms with van der Waals surface area (Å²) in [7, 11) is 3.24. The maximum Gasteiger partial charge on any atom is 0.203 e. The zero-order chi connectivity index (χ0) is 15.9. The van der Waals surface area contributed by atoms with E-state index >= 15 is 0 Å². The molecular weight excluding hydrogens is 280 g/mol. The van der Waals surface area contributed by atoms with Gasteiger partial charge in [-0.25, -0.2) is 0 Å². The summed E-state index contributed by atoms with van der Waals surface area (Å²) in [4.78, 5) is 10.4. The van der Waals surface area contributed by atoms with E-state index in [4.69, 9.17) is 14.2 Å². The van der Waals surface area contributed by atoms with E-state index < -0.39 is 0 Å². The Balaban J connectivity index is 2.14. The van der Waals surface area contributed by atoms with E-state index in [2.05, 4.69) is 0 Å². The van der Waals surface area contributed by atoms with Crippen molar-refractivity contribution in [2.45, 2.75) is 19.4 Å². The van der Waals surface area contributed by atoms with Crippen LogP contribution in [0.5, 0.6) is 17.2 Å². The fourth-order valence-corrected chi connectivity index (χ4v) is 2.11. The van der Waals surface area contributed by atoms with Crippen LogP contribution in [0.4, 0.5) is 0 Å². The molecule has 0 aromatic heterocycles. The van der Waals surface area contributed by atoms with Crippen molar-refractivity contribution in [3.8, 4) is 17.2 Å². The fraction of sp³-hybridized carbons (Fsp3) is 0.278. The first-order chi connectivity index (χ1) is 10.7. The first-order valence-corrected chi connectivity index (χ1v) is 7.00. The lowest BCUT2D eigenvalue weighted by Gasteiger charge is -2.17. The van der Waals surface area contributed by atoms with Crippen molar-refractivity contribution in [2.24, 2.45) is 0 Å². The van der Waals surface area contributed by atoms with E-state index in [1.54, 1.807) is 14.2 Å². The second-order valence-electron chi connectivity index (χ2n) is 4.87. The molecule has 1 atom stereocenters. The van der Waals surface area contributed by atoms with E-state index in [0.29, 0.717) is 6.42 Å². The molecule has 0 saturated carbocycles. The van der Waals surface area contributed by atoms with Gasteiger partial charge in [0.25, 0.3) is 0 Å². The molecule has 0 aliphatic rings. The molecular formula is C18H19O4. The van der Waals surface area contributed by atoms with Gasteiger partial charge in [0, 0.05) is 12.5 Å². The summed E-state index contributed by atoms with van der Waals surface area (Å²) in [5.41, 5.74) is 1.87. The molecule has 0 amide bonds. The van der Waals surface area contributed by atoms with Gasteiger partial charge in [0.2, 0.25) is 6.29 Å². The minimum absolute atomic E-state index is 0.160. The van der Waals surface area contributed by atoms with Crippen molar-refractivity contribution in [3.05, 3.63) is 53.6 Å². The van der Waals surface area contributed by atoms with Gasteiger partial charge in [-0.3, -0.25) is 4.79 Å². The molecule has 2 aromatic carbocycles. The van der Waals surface area contributed by atoms with Crippen LogP contribution in [0.15, 0.2) is 42.5 Å². The summed E-state index contributed by atoms with van der Waals surface area (Å²) in [6.45, 7) is 1.96. The molecule has 0 N–H and O–H groups in total. The van der Waals surface area contributed by atoms with Gasteiger partial charge in [0.1, 0.15) is 23.4 Å². The smallest absolute Gasteiger partial charge is 0.203 e. The number of hydrogen-bond acceptors (Lipinski definition) is 4. The van der Waals surface area contributed by atoms with Gasteiger partial charge in [0.05, 0.1) is 14.2 Å². The number of hydrogen-bond donors (Lipinski definition) is 0. The van der Waals surface area contributed by atoms with Crippen LogP contribution >= 0.6 is 0 Å². The monoisotopic (exact) mass is 299 g/mol. The lowest BCUT2D eigenvalue weighted by atomic mass is 10.1. The summed E-state index contributed by atoms with van der Waals surface area (Å²) in [5.74, 6) is 2.19.